The van der Waals surface area contributed by atoms with Crippen molar-refractivity contribution >= 4 is 29.2 Å². The second-order valence-corrected chi connectivity index (χ2v) is 7.29. The van der Waals surface area contributed by atoms with Crippen molar-refractivity contribution < 1.29 is 24.2 Å². The summed E-state index contributed by atoms with van der Waals surface area (Å²) in [7, 11) is 0. The van der Waals surface area contributed by atoms with E-state index in [4.69, 9.17) is 9.84 Å². The molecule has 0 aliphatic rings. The first-order chi connectivity index (χ1) is 13.7. The van der Waals surface area contributed by atoms with Crippen LogP contribution in [0, 0.1) is 19.8 Å². The first-order valence-corrected chi connectivity index (χ1v) is 9.32. The summed E-state index contributed by atoms with van der Waals surface area (Å²) in [5, 5.41) is 14.4. The van der Waals surface area contributed by atoms with Crippen LogP contribution < -0.4 is 15.4 Å². The fourth-order valence-corrected chi connectivity index (χ4v) is 2.72. The van der Waals surface area contributed by atoms with Crippen LogP contribution in [0.2, 0.25) is 0 Å². The maximum Gasteiger partial charge on any atom is 0.341 e. The summed E-state index contributed by atoms with van der Waals surface area (Å²) in [6, 6.07) is 10.0. The van der Waals surface area contributed by atoms with E-state index in [1.165, 1.54) is 0 Å². The third-order valence-electron chi connectivity index (χ3n) is 4.16. The van der Waals surface area contributed by atoms with Gasteiger partial charge in [-0.3, -0.25) is 9.59 Å². The lowest BCUT2D eigenvalue weighted by molar-refractivity contribution is -0.139. The van der Waals surface area contributed by atoms with E-state index in [9.17, 15) is 14.4 Å². The van der Waals surface area contributed by atoms with Gasteiger partial charge < -0.3 is 20.5 Å². The van der Waals surface area contributed by atoms with E-state index in [0.717, 1.165) is 11.1 Å². The van der Waals surface area contributed by atoms with E-state index >= 15 is 0 Å². The van der Waals surface area contributed by atoms with Crippen LogP contribution in [0.25, 0.3) is 0 Å². The molecular formula is C22H26N2O5. The minimum atomic E-state index is -1.06. The summed E-state index contributed by atoms with van der Waals surface area (Å²) in [6.07, 6.45) is 0.438. The number of anilines is 2. The van der Waals surface area contributed by atoms with Crippen molar-refractivity contribution in [3.05, 3.63) is 53.1 Å². The number of carbonyl (C=O) groups excluding carboxylic acids is 2. The van der Waals surface area contributed by atoms with Crippen LogP contribution in [0.1, 0.15) is 41.8 Å². The number of rotatable bonds is 8. The van der Waals surface area contributed by atoms with Gasteiger partial charge in [0.05, 0.1) is 0 Å². The van der Waals surface area contributed by atoms with Gasteiger partial charge in [-0.2, -0.15) is 0 Å². The Morgan fingerprint density at radius 1 is 0.966 bits per heavy atom. The van der Waals surface area contributed by atoms with Crippen molar-refractivity contribution in [1.82, 2.24) is 0 Å². The van der Waals surface area contributed by atoms with Gasteiger partial charge in [0.25, 0.3) is 5.91 Å². The fraction of sp³-hybridized carbons (Fsp3) is 0.318. The quantitative estimate of drug-likeness (QED) is 0.623. The molecule has 0 heterocycles. The molecule has 0 spiro atoms. The molecule has 0 saturated heterocycles. The van der Waals surface area contributed by atoms with Crippen molar-refractivity contribution in [2.75, 3.05) is 17.2 Å². The Hall–Kier alpha value is -3.35. The third kappa shape index (κ3) is 6.64. The highest BCUT2D eigenvalue weighted by Crippen LogP contribution is 2.23. The molecule has 0 unspecified atom stereocenters. The van der Waals surface area contributed by atoms with Crippen LogP contribution in [-0.2, 0) is 9.59 Å². The summed E-state index contributed by atoms with van der Waals surface area (Å²) in [5.41, 5.74) is 3.29. The van der Waals surface area contributed by atoms with Crippen LogP contribution >= 0.6 is 0 Å². The minimum Gasteiger partial charge on any atom is -0.482 e. The molecule has 0 fully saturated rings. The van der Waals surface area contributed by atoms with Gasteiger partial charge in [-0.1, -0.05) is 13.8 Å². The summed E-state index contributed by atoms with van der Waals surface area (Å²) < 4.78 is 5.13. The van der Waals surface area contributed by atoms with E-state index in [1.54, 1.807) is 43.3 Å². The van der Waals surface area contributed by atoms with E-state index in [1.807, 2.05) is 20.8 Å². The molecule has 29 heavy (non-hydrogen) atoms. The number of aliphatic carboxylic acids is 1. The van der Waals surface area contributed by atoms with E-state index in [-0.39, 0.29) is 17.7 Å². The SMILES string of the molecule is Cc1cc(C(=O)Nc2ccc(OCC(=O)O)cc2C)ccc1NC(=O)CC(C)C. The van der Waals surface area contributed by atoms with Crippen molar-refractivity contribution in [1.29, 1.82) is 0 Å². The maximum absolute atomic E-state index is 12.6. The predicted octanol–water partition coefficient (Wildman–Crippen LogP) is 4.00. The van der Waals surface area contributed by atoms with Gasteiger partial charge >= 0.3 is 5.97 Å². The first-order valence-electron chi connectivity index (χ1n) is 9.32. The average Bonchev–Trinajstić information content (AvgIpc) is 2.62. The zero-order chi connectivity index (χ0) is 21.6. The molecule has 2 rings (SSSR count). The van der Waals surface area contributed by atoms with Crippen molar-refractivity contribution in [3.63, 3.8) is 0 Å². The van der Waals surface area contributed by atoms with Crippen molar-refractivity contribution in [3.8, 4) is 5.75 Å². The smallest absolute Gasteiger partial charge is 0.341 e. The molecule has 0 radical (unpaired) electrons. The molecule has 7 heteroatoms. The molecule has 7 nitrogen and oxygen atoms in total. The molecular weight excluding hydrogens is 372 g/mol. The lowest BCUT2D eigenvalue weighted by atomic mass is 10.1. The van der Waals surface area contributed by atoms with E-state index < -0.39 is 12.6 Å². The van der Waals surface area contributed by atoms with Gasteiger partial charge in [0, 0.05) is 23.4 Å². The molecule has 0 aromatic heterocycles. The molecule has 0 bridgehead atoms. The molecule has 3 N–H and O–H groups in total. The second-order valence-electron chi connectivity index (χ2n) is 7.29. The van der Waals surface area contributed by atoms with E-state index in [0.29, 0.717) is 29.1 Å². The molecule has 2 aromatic rings. The van der Waals surface area contributed by atoms with Gasteiger partial charge in [0.1, 0.15) is 5.75 Å². The number of aryl methyl sites for hydroxylation is 2. The largest absolute Gasteiger partial charge is 0.482 e. The Bertz CT molecular complexity index is 921. The number of carboxylic acid groups (broad SMARTS) is 1. The standard InChI is InChI=1S/C22H26N2O5/c1-13(2)9-20(25)23-18-7-5-16(10-14(18)3)22(28)24-19-8-6-17(11-15(19)4)29-12-21(26)27/h5-8,10-11,13H,9,12H2,1-4H3,(H,23,25)(H,24,28)(H,26,27). The topological polar surface area (TPSA) is 105 Å². The van der Waals surface area contributed by atoms with Gasteiger partial charge in [0.15, 0.2) is 6.61 Å². The Morgan fingerprint density at radius 2 is 1.59 bits per heavy atom. The normalized spacial score (nSPS) is 10.5. The summed E-state index contributed by atoms with van der Waals surface area (Å²) in [5.74, 6) is -0.708. The Balaban J connectivity index is 2.06. The molecule has 0 aliphatic heterocycles. The van der Waals surface area contributed by atoms with Crippen LogP contribution in [0.5, 0.6) is 5.75 Å². The molecule has 2 amide bonds. The predicted molar refractivity (Wildman–Crippen MR) is 112 cm³/mol. The number of hydrogen-bond acceptors (Lipinski definition) is 4. The highest BCUT2D eigenvalue weighted by Gasteiger charge is 2.12. The van der Waals surface area contributed by atoms with Gasteiger partial charge in [-0.05, 0) is 67.3 Å². The molecule has 0 aliphatic carbocycles. The number of nitrogens with one attached hydrogen (secondary N) is 2. The van der Waals surface area contributed by atoms with Gasteiger partial charge in [-0.25, -0.2) is 4.79 Å². The molecule has 0 atom stereocenters. The first kappa shape index (κ1) is 21.9. The number of hydrogen-bond donors (Lipinski definition) is 3. The van der Waals surface area contributed by atoms with Crippen LogP contribution in [0.4, 0.5) is 11.4 Å². The third-order valence-corrected chi connectivity index (χ3v) is 4.16. The van der Waals surface area contributed by atoms with Crippen molar-refractivity contribution in [2.24, 2.45) is 5.92 Å². The fourth-order valence-electron chi connectivity index (χ4n) is 2.72. The number of amides is 2. The zero-order valence-electron chi connectivity index (χ0n) is 17.0. The number of carbonyl (C=O) groups is 3. The number of ether oxygens (including phenoxy) is 1. The Morgan fingerprint density at radius 3 is 2.17 bits per heavy atom. The van der Waals surface area contributed by atoms with Crippen LogP contribution in [0.15, 0.2) is 36.4 Å². The second kappa shape index (κ2) is 9.73. The molecule has 154 valence electrons. The van der Waals surface area contributed by atoms with Gasteiger partial charge in [-0.15, -0.1) is 0 Å². The lowest BCUT2D eigenvalue weighted by Crippen LogP contribution is -2.16. The molecule has 0 saturated carbocycles. The average molecular weight is 398 g/mol. The molecule has 2 aromatic carbocycles. The summed E-state index contributed by atoms with van der Waals surface area (Å²) in [4.78, 5) is 35.1. The monoisotopic (exact) mass is 398 g/mol. The van der Waals surface area contributed by atoms with Crippen LogP contribution in [0.3, 0.4) is 0 Å². The van der Waals surface area contributed by atoms with Gasteiger partial charge in [0.2, 0.25) is 5.91 Å². The Labute approximate surface area is 170 Å². The highest BCUT2D eigenvalue weighted by molar-refractivity contribution is 6.05. The van der Waals surface area contributed by atoms with Crippen LogP contribution in [-0.4, -0.2) is 29.5 Å². The lowest BCUT2D eigenvalue weighted by Gasteiger charge is -2.13. The zero-order valence-corrected chi connectivity index (χ0v) is 17.0. The number of carboxylic acids is 1. The summed E-state index contributed by atoms with van der Waals surface area (Å²) >= 11 is 0. The minimum absolute atomic E-state index is 0.0545. The Kier molecular flexibility index (Phi) is 7.36. The van der Waals surface area contributed by atoms with E-state index in [2.05, 4.69) is 10.6 Å². The van der Waals surface area contributed by atoms with Crippen molar-refractivity contribution in [2.45, 2.75) is 34.1 Å². The maximum atomic E-state index is 12.6. The highest BCUT2D eigenvalue weighted by atomic mass is 16.5. The summed E-state index contributed by atoms with van der Waals surface area (Å²) in [6.45, 7) is 7.16. The number of benzene rings is 2.